The van der Waals surface area contributed by atoms with Gasteiger partial charge in [-0.1, -0.05) is 13.8 Å². The summed E-state index contributed by atoms with van der Waals surface area (Å²) in [7, 11) is 0. The molecule has 132 valence electrons. The van der Waals surface area contributed by atoms with Gasteiger partial charge in [-0.2, -0.15) is 0 Å². The minimum absolute atomic E-state index is 0.177. The van der Waals surface area contributed by atoms with Gasteiger partial charge in [0.2, 0.25) is 11.8 Å². The number of carbonyl (C=O) groups is 2. The average molecular weight is 326 g/mol. The first-order valence-electron chi connectivity index (χ1n) is 8.72. The Morgan fingerprint density at radius 1 is 0.870 bits per heavy atom. The molecule has 0 aromatic carbocycles. The van der Waals surface area contributed by atoms with Gasteiger partial charge in [-0.15, -0.1) is 0 Å². The molecule has 0 unspecified atom stereocenters. The molecule has 23 heavy (non-hydrogen) atoms. The Bertz CT molecular complexity index is 387. The molecule has 0 spiro atoms. The van der Waals surface area contributed by atoms with E-state index in [0.29, 0.717) is 39.4 Å². The predicted octanol–water partition coefficient (Wildman–Crippen LogP) is -0.669. The Morgan fingerprint density at radius 2 is 1.43 bits per heavy atom. The molecule has 2 saturated heterocycles. The number of hydrogen-bond donors (Lipinski definition) is 0. The lowest BCUT2D eigenvalue weighted by molar-refractivity contribution is -0.138. The Balaban J connectivity index is 1.70. The van der Waals surface area contributed by atoms with Crippen LogP contribution in [0, 0.1) is 0 Å². The standard InChI is InChI=1S/C16H30N4O3/c1-3-17(4-2)13-15(21)19-7-5-18(6-8-19)14-16(22)20-9-11-23-12-10-20/h3-14H2,1-2H3. The number of carbonyl (C=O) groups excluding carboxylic acids is 2. The van der Waals surface area contributed by atoms with Crippen LogP contribution >= 0.6 is 0 Å². The Labute approximate surface area is 139 Å². The molecule has 2 rings (SSSR count). The summed E-state index contributed by atoms with van der Waals surface area (Å²) in [4.78, 5) is 32.6. The molecule has 7 heteroatoms. The van der Waals surface area contributed by atoms with Gasteiger partial charge in [0, 0.05) is 39.3 Å². The van der Waals surface area contributed by atoms with Gasteiger partial charge in [-0.25, -0.2) is 0 Å². The third-order valence-electron chi connectivity index (χ3n) is 4.70. The number of nitrogens with zero attached hydrogens (tertiary/aromatic N) is 4. The summed E-state index contributed by atoms with van der Waals surface area (Å²) in [6, 6.07) is 0. The number of ether oxygens (including phenoxy) is 1. The molecule has 0 aromatic rings. The maximum absolute atomic E-state index is 12.3. The third kappa shape index (κ3) is 5.44. The maximum atomic E-state index is 12.3. The van der Waals surface area contributed by atoms with Crippen LogP contribution in [0.5, 0.6) is 0 Å². The van der Waals surface area contributed by atoms with Crippen LogP contribution in [0.2, 0.25) is 0 Å². The zero-order chi connectivity index (χ0) is 16.7. The highest BCUT2D eigenvalue weighted by molar-refractivity contribution is 5.79. The van der Waals surface area contributed by atoms with Crippen LogP contribution in [0.15, 0.2) is 0 Å². The second-order valence-corrected chi connectivity index (χ2v) is 6.11. The van der Waals surface area contributed by atoms with Crippen molar-refractivity contribution in [1.29, 1.82) is 0 Å². The first kappa shape index (κ1) is 18.2. The number of rotatable bonds is 6. The second-order valence-electron chi connectivity index (χ2n) is 6.11. The summed E-state index contributed by atoms with van der Waals surface area (Å²) in [5, 5.41) is 0. The molecule has 0 aliphatic carbocycles. The van der Waals surface area contributed by atoms with Crippen molar-refractivity contribution >= 4 is 11.8 Å². The van der Waals surface area contributed by atoms with Crippen molar-refractivity contribution in [2.45, 2.75) is 13.8 Å². The molecule has 0 bridgehead atoms. The van der Waals surface area contributed by atoms with Gasteiger partial charge in [0.1, 0.15) is 0 Å². The van der Waals surface area contributed by atoms with Crippen molar-refractivity contribution in [3.05, 3.63) is 0 Å². The molecule has 2 fully saturated rings. The lowest BCUT2D eigenvalue weighted by Crippen LogP contribution is -2.54. The SMILES string of the molecule is CCN(CC)CC(=O)N1CCN(CC(=O)N2CCOCC2)CC1. The Hall–Kier alpha value is -1.18. The summed E-state index contributed by atoms with van der Waals surface area (Å²) in [5.41, 5.74) is 0. The van der Waals surface area contributed by atoms with Crippen LogP contribution < -0.4 is 0 Å². The minimum atomic E-state index is 0.177. The molecule has 0 radical (unpaired) electrons. The van der Waals surface area contributed by atoms with Crippen molar-refractivity contribution < 1.29 is 14.3 Å². The maximum Gasteiger partial charge on any atom is 0.236 e. The Morgan fingerprint density at radius 3 is 2.00 bits per heavy atom. The van der Waals surface area contributed by atoms with E-state index in [9.17, 15) is 9.59 Å². The molecule has 2 aliphatic heterocycles. The van der Waals surface area contributed by atoms with E-state index in [1.807, 2.05) is 9.80 Å². The highest BCUT2D eigenvalue weighted by Gasteiger charge is 2.25. The fourth-order valence-electron chi connectivity index (χ4n) is 3.00. The quantitative estimate of drug-likeness (QED) is 0.648. The van der Waals surface area contributed by atoms with E-state index in [1.54, 1.807) is 0 Å². The monoisotopic (exact) mass is 326 g/mol. The summed E-state index contributed by atoms with van der Waals surface area (Å²) in [6.45, 7) is 12.6. The van der Waals surface area contributed by atoms with Gasteiger partial charge < -0.3 is 14.5 Å². The number of piperazine rings is 1. The number of hydrogen-bond acceptors (Lipinski definition) is 5. The zero-order valence-corrected chi connectivity index (χ0v) is 14.5. The first-order valence-corrected chi connectivity index (χ1v) is 8.72. The van der Waals surface area contributed by atoms with Crippen molar-refractivity contribution in [1.82, 2.24) is 19.6 Å². The van der Waals surface area contributed by atoms with E-state index >= 15 is 0 Å². The largest absolute Gasteiger partial charge is 0.378 e. The van der Waals surface area contributed by atoms with E-state index in [1.165, 1.54) is 0 Å². The summed E-state index contributed by atoms with van der Waals surface area (Å²) < 4.78 is 5.27. The highest BCUT2D eigenvalue weighted by atomic mass is 16.5. The minimum Gasteiger partial charge on any atom is -0.378 e. The van der Waals surface area contributed by atoms with Gasteiger partial charge in [-0.05, 0) is 13.1 Å². The smallest absolute Gasteiger partial charge is 0.236 e. The topological polar surface area (TPSA) is 56.3 Å². The van der Waals surface area contributed by atoms with Gasteiger partial charge >= 0.3 is 0 Å². The molecular weight excluding hydrogens is 296 g/mol. The van der Waals surface area contributed by atoms with Crippen LogP contribution in [-0.2, 0) is 14.3 Å². The van der Waals surface area contributed by atoms with Crippen LogP contribution in [0.25, 0.3) is 0 Å². The molecular formula is C16H30N4O3. The van der Waals surface area contributed by atoms with Gasteiger partial charge in [0.15, 0.2) is 0 Å². The number of likely N-dealkylation sites (N-methyl/N-ethyl adjacent to an activating group) is 1. The van der Waals surface area contributed by atoms with Crippen molar-refractivity contribution in [2.75, 3.05) is 78.7 Å². The summed E-state index contributed by atoms with van der Waals surface area (Å²) >= 11 is 0. The van der Waals surface area contributed by atoms with Gasteiger partial charge in [-0.3, -0.25) is 19.4 Å². The van der Waals surface area contributed by atoms with Crippen LogP contribution in [0.3, 0.4) is 0 Å². The van der Waals surface area contributed by atoms with E-state index in [-0.39, 0.29) is 11.8 Å². The molecule has 2 aliphatic rings. The first-order chi connectivity index (χ1) is 11.1. The lowest BCUT2D eigenvalue weighted by Gasteiger charge is -2.36. The molecule has 2 amide bonds. The average Bonchev–Trinajstić information content (AvgIpc) is 2.60. The van der Waals surface area contributed by atoms with Crippen LogP contribution in [-0.4, -0.2) is 110 Å². The Kier molecular flexibility index (Phi) is 7.26. The molecule has 7 nitrogen and oxygen atoms in total. The van der Waals surface area contributed by atoms with Crippen LogP contribution in [0.1, 0.15) is 13.8 Å². The molecule has 0 N–H and O–H groups in total. The van der Waals surface area contributed by atoms with E-state index < -0.39 is 0 Å². The molecule has 2 heterocycles. The fourth-order valence-corrected chi connectivity index (χ4v) is 3.00. The summed E-state index contributed by atoms with van der Waals surface area (Å²) in [6.07, 6.45) is 0. The number of amides is 2. The second kappa shape index (κ2) is 9.20. The normalized spacial score (nSPS) is 20.1. The summed E-state index contributed by atoms with van der Waals surface area (Å²) in [5.74, 6) is 0.379. The lowest BCUT2D eigenvalue weighted by atomic mass is 10.3. The van der Waals surface area contributed by atoms with Crippen molar-refractivity contribution in [3.63, 3.8) is 0 Å². The van der Waals surface area contributed by atoms with Gasteiger partial charge in [0.05, 0.1) is 26.3 Å². The van der Waals surface area contributed by atoms with E-state index in [4.69, 9.17) is 4.74 Å². The van der Waals surface area contributed by atoms with Gasteiger partial charge in [0.25, 0.3) is 0 Å². The number of morpholine rings is 1. The third-order valence-corrected chi connectivity index (χ3v) is 4.70. The fraction of sp³-hybridized carbons (Fsp3) is 0.875. The van der Waals surface area contributed by atoms with Crippen molar-refractivity contribution in [2.24, 2.45) is 0 Å². The van der Waals surface area contributed by atoms with Crippen LogP contribution in [0.4, 0.5) is 0 Å². The zero-order valence-electron chi connectivity index (χ0n) is 14.5. The molecule has 0 atom stereocenters. The predicted molar refractivity (Wildman–Crippen MR) is 88.2 cm³/mol. The highest BCUT2D eigenvalue weighted by Crippen LogP contribution is 2.05. The van der Waals surface area contributed by atoms with Crippen molar-refractivity contribution in [3.8, 4) is 0 Å². The van der Waals surface area contributed by atoms with E-state index in [0.717, 1.165) is 39.3 Å². The molecule has 0 saturated carbocycles. The molecule has 0 aromatic heterocycles. The van der Waals surface area contributed by atoms with E-state index in [2.05, 4.69) is 23.6 Å².